The molecule has 0 saturated heterocycles. The molecule has 2 aromatic carbocycles. The van der Waals surface area contributed by atoms with E-state index in [1.807, 2.05) is 0 Å². The Kier molecular flexibility index (Phi) is 8.60. The number of nitrogen functional groups attached to an aromatic ring is 2. The zero-order valence-corrected chi connectivity index (χ0v) is 17.4. The molecule has 0 spiro atoms. The first-order chi connectivity index (χ1) is 13.7. The van der Waals surface area contributed by atoms with Gasteiger partial charge in [-0.15, -0.1) is 0 Å². The molecular weight excluding hydrogens is 378 g/mol. The number of Topliss-reactive ketones (excluding diaryl/α,β-unsaturated/α-hetero) is 1. The summed E-state index contributed by atoms with van der Waals surface area (Å²) in [5.41, 5.74) is 13.8. The second-order valence-corrected chi connectivity index (χ2v) is 5.83. The molecule has 0 unspecified atom stereocenters. The van der Waals surface area contributed by atoms with Crippen molar-refractivity contribution in [3.8, 4) is 23.0 Å². The summed E-state index contributed by atoms with van der Waals surface area (Å²) < 4.78 is 20.3. The Balaban J connectivity index is 0.000000291. The second-order valence-electron chi connectivity index (χ2n) is 5.83. The molecule has 0 aliphatic rings. The third kappa shape index (κ3) is 5.68. The number of carbonyl (C=O) groups excluding carboxylic acids is 1. The van der Waals surface area contributed by atoms with Gasteiger partial charge in [0.1, 0.15) is 0 Å². The summed E-state index contributed by atoms with van der Waals surface area (Å²) in [6, 6.07) is 6.46. The van der Waals surface area contributed by atoms with E-state index >= 15 is 0 Å². The number of oxime groups is 1. The number of ether oxygens (including phenoxy) is 4. The van der Waals surface area contributed by atoms with E-state index in [4.69, 9.17) is 35.6 Å². The van der Waals surface area contributed by atoms with Crippen LogP contribution in [0, 0.1) is 0 Å². The number of benzene rings is 2. The molecule has 5 N–H and O–H groups in total. The molecule has 2 rings (SSSR count). The molecule has 0 amide bonds. The number of ketones is 1. The lowest BCUT2D eigenvalue weighted by Crippen LogP contribution is -2.03. The summed E-state index contributed by atoms with van der Waals surface area (Å²) in [4.78, 5) is 11.2. The fourth-order valence-electron chi connectivity index (χ4n) is 2.46. The predicted octanol–water partition coefficient (Wildman–Crippen LogP) is 2.97. The van der Waals surface area contributed by atoms with Crippen molar-refractivity contribution in [2.75, 3.05) is 39.9 Å². The zero-order valence-electron chi connectivity index (χ0n) is 17.4. The minimum Gasteiger partial charge on any atom is -0.493 e. The molecular formula is C20H27N3O6. The molecule has 0 aliphatic heterocycles. The Morgan fingerprint density at radius 3 is 1.45 bits per heavy atom. The Hall–Kier alpha value is -3.62. The molecule has 9 heteroatoms. The van der Waals surface area contributed by atoms with Crippen LogP contribution in [-0.4, -0.2) is 45.1 Å². The van der Waals surface area contributed by atoms with Crippen molar-refractivity contribution in [2.45, 2.75) is 13.8 Å². The van der Waals surface area contributed by atoms with Crippen molar-refractivity contribution < 1.29 is 28.9 Å². The number of methoxy groups -OCH3 is 4. The van der Waals surface area contributed by atoms with Crippen LogP contribution in [0.25, 0.3) is 0 Å². The van der Waals surface area contributed by atoms with Gasteiger partial charge < -0.3 is 35.6 Å². The van der Waals surface area contributed by atoms with Crippen LogP contribution in [-0.2, 0) is 0 Å². The maximum absolute atomic E-state index is 11.2. The summed E-state index contributed by atoms with van der Waals surface area (Å²) in [6.07, 6.45) is 0. The molecule has 0 saturated carbocycles. The number of nitrogens with zero attached hydrogens (tertiary/aromatic N) is 1. The van der Waals surface area contributed by atoms with Crippen molar-refractivity contribution in [1.82, 2.24) is 0 Å². The molecule has 0 bridgehead atoms. The van der Waals surface area contributed by atoms with Crippen molar-refractivity contribution in [1.29, 1.82) is 0 Å². The Morgan fingerprint density at radius 2 is 1.10 bits per heavy atom. The summed E-state index contributed by atoms with van der Waals surface area (Å²) in [5.74, 6) is 2.03. The summed E-state index contributed by atoms with van der Waals surface area (Å²) in [5, 5.41) is 11.8. The largest absolute Gasteiger partial charge is 0.493 e. The van der Waals surface area contributed by atoms with Gasteiger partial charge in [0.2, 0.25) is 0 Å². The number of hydrogen-bond acceptors (Lipinski definition) is 9. The van der Waals surface area contributed by atoms with Gasteiger partial charge in [0.05, 0.1) is 34.2 Å². The number of rotatable bonds is 6. The van der Waals surface area contributed by atoms with E-state index in [0.29, 0.717) is 51.2 Å². The maximum Gasteiger partial charge on any atom is 0.162 e. The maximum atomic E-state index is 11.2. The van der Waals surface area contributed by atoms with Crippen molar-refractivity contribution in [3.63, 3.8) is 0 Å². The van der Waals surface area contributed by atoms with E-state index in [-0.39, 0.29) is 5.78 Å². The van der Waals surface area contributed by atoms with E-state index < -0.39 is 0 Å². The van der Waals surface area contributed by atoms with E-state index in [9.17, 15) is 4.79 Å². The lowest BCUT2D eigenvalue weighted by Gasteiger charge is -2.11. The highest BCUT2D eigenvalue weighted by Crippen LogP contribution is 2.32. The standard InChI is InChI=1S/C10H14N2O3.C10H13NO3/c1-6(12-13)7-4-9(14-2)10(15-3)5-8(7)11;1-6(12)7-4-9(13-2)10(14-3)5-8(7)11/h4-5,13H,11H2,1-3H3;4-5H,11H2,1-3H3/b12-6+;. The van der Waals surface area contributed by atoms with E-state index in [2.05, 4.69) is 5.16 Å². The third-order valence-corrected chi connectivity index (χ3v) is 4.03. The van der Waals surface area contributed by atoms with Gasteiger partial charge in [0.15, 0.2) is 28.8 Å². The first kappa shape index (κ1) is 23.4. The van der Waals surface area contributed by atoms with Crippen LogP contribution in [0.3, 0.4) is 0 Å². The van der Waals surface area contributed by atoms with Crippen molar-refractivity contribution in [3.05, 3.63) is 35.4 Å². The van der Waals surface area contributed by atoms with E-state index in [1.54, 1.807) is 31.2 Å². The minimum absolute atomic E-state index is 0.0940. The molecule has 0 atom stereocenters. The fraction of sp³-hybridized carbons (Fsp3) is 0.300. The summed E-state index contributed by atoms with van der Waals surface area (Å²) in [7, 11) is 6.09. The van der Waals surface area contributed by atoms with Gasteiger partial charge in [0, 0.05) is 34.6 Å². The predicted molar refractivity (Wildman–Crippen MR) is 112 cm³/mol. The summed E-state index contributed by atoms with van der Waals surface area (Å²) >= 11 is 0. The molecule has 0 aromatic heterocycles. The van der Waals surface area contributed by atoms with Crippen molar-refractivity contribution >= 4 is 22.9 Å². The van der Waals surface area contributed by atoms with Crippen LogP contribution in [0.4, 0.5) is 11.4 Å². The first-order valence-corrected chi connectivity index (χ1v) is 8.46. The lowest BCUT2D eigenvalue weighted by molar-refractivity contribution is 0.101. The van der Waals surface area contributed by atoms with Crippen LogP contribution in [0.1, 0.15) is 29.8 Å². The quantitative estimate of drug-likeness (QED) is 0.219. The van der Waals surface area contributed by atoms with Gasteiger partial charge in [-0.1, -0.05) is 5.16 Å². The Bertz CT molecular complexity index is 896. The fourth-order valence-corrected chi connectivity index (χ4v) is 2.46. The molecule has 0 fully saturated rings. The normalized spacial score (nSPS) is 10.5. The molecule has 9 nitrogen and oxygen atoms in total. The highest BCUT2D eigenvalue weighted by molar-refractivity contribution is 6.03. The van der Waals surface area contributed by atoms with Gasteiger partial charge in [0.25, 0.3) is 0 Å². The average Bonchev–Trinajstić information content (AvgIpc) is 2.72. The lowest BCUT2D eigenvalue weighted by atomic mass is 10.1. The van der Waals surface area contributed by atoms with Gasteiger partial charge in [-0.3, -0.25) is 4.79 Å². The molecule has 0 radical (unpaired) electrons. The van der Waals surface area contributed by atoms with E-state index in [1.165, 1.54) is 35.4 Å². The van der Waals surface area contributed by atoms with Crippen LogP contribution in [0.15, 0.2) is 29.4 Å². The Labute approximate surface area is 169 Å². The van der Waals surface area contributed by atoms with E-state index in [0.717, 1.165) is 0 Å². The smallest absolute Gasteiger partial charge is 0.162 e. The zero-order chi connectivity index (χ0) is 22.1. The first-order valence-electron chi connectivity index (χ1n) is 8.46. The second kappa shape index (κ2) is 10.6. The number of hydrogen-bond donors (Lipinski definition) is 3. The summed E-state index contributed by atoms with van der Waals surface area (Å²) in [6.45, 7) is 3.11. The van der Waals surface area contributed by atoms with Crippen LogP contribution in [0.5, 0.6) is 23.0 Å². The SMILES string of the molecule is COc1cc(N)c(/C(C)=N/O)cc1OC.COc1cc(N)c(C(C)=O)cc1OC. The number of carbonyl (C=O) groups is 1. The molecule has 0 aliphatic carbocycles. The van der Waals surface area contributed by atoms with Gasteiger partial charge in [-0.25, -0.2) is 0 Å². The number of anilines is 2. The van der Waals surface area contributed by atoms with Gasteiger partial charge >= 0.3 is 0 Å². The third-order valence-electron chi connectivity index (χ3n) is 4.03. The van der Waals surface area contributed by atoms with Crippen molar-refractivity contribution in [2.24, 2.45) is 5.16 Å². The average molecular weight is 405 g/mol. The van der Waals surface area contributed by atoms with Gasteiger partial charge in [-0.05, 0) is 26.0 Å². The Morgan fingerprint density at radius 1 is 0.759 bits per heavy atom. The molecule has 158 valence electrons. The number of nitrogens with two attached hydrogens (primary N) is 2. The topological polar surface area (TPSA) is 139 Å². The van der Waals surface area contributed by atoms with Crippen LogP contribution < -0.4 is 30.4 Å². The molecule has 2 aromatic rings. The van der Waals surface area contributed by atoms with Crippen LogP contribution >= 0.6 is 0 Å². The highest BCUT2D eigenvalue weighted by Gasteiger charge is 2.12. The molecule has 0 heterocycles. The highest BCUT2D eigenvalue weighted by atomic mass is 16.5. The van der Waals surface area contributed by atoms with Gasteiger partial charge in [-0.2, -0.15) is 0 Å². The molecule has 29 heavy (non-hydrogen) atoms. The monoisotopic (exact) mass is 405 g/mol. The van der Waals surface area contributed by atoms with Crippen LogP contribution in [0.2, 0.25) is 0 Å². The minimum atomic E-state index is -0.0940.